The van der Waals surface area contributed by atoms with E-state index in [9.17, 15) is 20.1 Å². The SMILES string of the molecule is O=C(NCC1(CO)CCCC1)c1ccc(O)c(O)c1. The summed E-state index contributed by atoms with van der Waals surface area (Å²) in [5.74, 6) is -0.875. The molecular weight excluding hydrogens is 246 g/mol. The zero-order valence-electron chi connectivity index (χ0n) is 10.7. The van der Waals surface area contributed by atoms with Crippen LogP contribution < -0.4 is 5.32 Å². The molecule has 5 nitrogen and oxygen atoms in total. The first-order valence-electron chi connectivity index (χ1n) is 6.47. The summed E-state index contributed by atoms with van der Waals surface area (Å²) in [5.41, 5.74) is 0.0932. The molecule has 1 amide bonds. The number of aromatic hydroxyl groups is 2. The van der Waals surface area contributed by atoms with Crippen LogP contribution >= 0.6 is 0 Å². The smallest absolute Gasteiger partial charge is 0.251 e. The van der Waals surface area contributed by atoms with Gasteiger partial charge in [0, 0.05) is 17.5 Å². The van der Waals surface area contributed by atoms with Gasteiger partial charge in [0.25, 0.3) is 5.91 Å². The van der Waals surface area contributed by atoms with Gasteiger partial charge in [-0.3, -0.25) is 4.79 Å². The van der Waals surface area contributed by atoms with Gasteiger partial charge >= 0.3 is 0 Å². The Morgan fingerprint density at radius 2 is 1.89 bits per heavy atom. The van der Waals surface area contributed by atoms with Gasteiger partial charge in [0.15, 0.2) is 11.5 Å². The number of aliphatic hydroxyl groups is 1. The molecule has 1 aromatic rings. The van der Waals surface area contributed by atoms with Crippen molar-refractivity contribution >= 4 is 5.91 Å². The molecule has 0 atom stereocenters. The minimum Gasteiger partial charge on any atom is -0.504 e. The molecule has 19 heavy (non-hydrogen) atoms. The highest BCUT2D eigenvalue weighted by Gasteiger charge is 2.33. The number of hydrogen-bond acceptors (Lipinski definition) is 4. The molecule has 0 bridgehead atoms. The molecular formula is C14H19NO4. The minimum atomic E-state index is -0.314. The molecule has 0 aromatic heterocycles. The summed E-state index contributed by atoms with van der Waals surface area (Å²) in [5, 5.41) is 30.8. The Morgan fingerprint density at radius 3 is 2.47 bits per heavy atom. The van der Waals surface area contributed by atoms with Gasteiger partial charge in [-0.05, 0) is 31.0 Å². The van der Waals surface area contributed by atoms with Crippen LogP contribution in [-0.2, 0) is 0 Å². The Labute approximate surface area is 111 Å². The van der Waals surface area contributed by atoms with Crippen LogP contribution in [0.3, 0.4) is 0 Å². The summed E-state index contributed by atoms with van der Waals surface area (Å²) in [4.78, 5) is 11.9. The predicted octanol–water partition coefficient (Wildman–Crippen LogP) is 1.38. The number of rotatable bonds is 4. The third-order valence-corrected chi connectivity index (χ3v) is 3.86. The number of benzene rings is 1. The average molecular weight is 265 g/mol. The van der Waals surface area contributed by atoms with E-state index in [0.717, 1.165) is 25.7 Å². The van der Waals surface area contributed by atoms with E-state index < -0.39 is 0 Å². The zero-order valence-corrected chi connectivity index (χ0v) is 10.7. The lowest BCUT2D eigenvalue weighted by molar-refractivity contribution is 0.0880. The second kappa shape index (κ2) is 5.48. The molecule has 0 spiro atoms. The summed E-state index contributed by atoms with van der Waals surface area (Å²) in [6.45, 7) is 0.512. The van der Waals surface area contributed by atoms with Crippen molar-refractivity contribution in [2.75, 3.05) is 13.2 Å². The van der Waals surface area contributed by atoms with Crippen molar-refractivity contribution in [2.24, 2.45) is 5.41 Å². The lowest BCUT2D eigenvalue weighted by Crippen LogP contribution is -2.38. The molecule has 1 aliphatic rings. The molecule has 0 radical (unpaired) electrons. The van der Waals surface area contributed by atoms with Gasteiger partial charge in [-0.1, -0.05) is 12.8 Å². The third kappa shape index (κ3) is 2.98. The van der Waals surface area contributed by atoms with Crippen LogP contribution in [0.5, 0.6) is 11.5 Å². The van der Waals surface area contributed by atoms with E-state index in [1.807, 2.05) is 0 Å². The van der Waals surface area contributed by atoms with Gasteiger partial charge in [-0.15, -0.1) is 0 Å². The average Bonchev–Trinajstić information content (AvgIpc) is 2.89. The van der Waals surface area contributed by atoms with E-state index in [1.165, 1.54) is 18.2 Å². The van der Waals surface area contributed by atoms with Crippen molar-refractivity contribution in [3.05, 3.63) is 23.8 Å². The maximum absolute atomic E-state index is 11.9. The molecule has 0 unspecified atom stereocenters. The number of aliphatic hydroxyl groups excluding tert-OH is 1. The summed E-state index contributed by atoms with van der Waals surface area (Å²) < 4.78 is 0. The Hall–Kier alpha value is -1.75. The summed E-state index contributed by atoms with van der Waals surface area (Å²) in [6.07, 6.45) is 4.00. The van der Waals surface area contributed by atoms with Crippen LogP contribution in [0, 0.1) is 5.41 Å². The summed E-state index contributed by atoms with van der Waals surface area (Å²) in [7, 11) is 0. The maximum atomic E-state index is 11.9. The van der Waals surface area contributed by atoms with E-state index >= 15 is 0 Å². The number of nitrogens with one attached hydrogen (secondary N) is 1. The molecule has 1 fully saturated rings. The highest BCUT2D eigenvalue weighted by atomic mass is 16.3. The molecule has 0 saturated heterocycles. The van der Waals surface area contributed by atoms with Crippen LogP contribution in [0.1, 0.15) is 36.0 Å². The second-order valence-electron chi connectivity index (χ2n) is 5.25. The second-order valence-corrected chi connectivity index (χ2v) is 5.25. The first kappa shape index (κ1) is 13.7. The maximum Gasteiger partial charge on any atom is 0.251 e. The standard InChI is InChI=1S/C14H19NO4/c16-9-14(5-1-2-6-14)8-15-13(19)10-3-4-11(17)12(18)7-10/h3-4,7,16-18H,1-2,5-6,8-9H2,(H,15,19). The van der Waals surface area contributed by atoms with Gasteiger partial charge in [0.05, 0.1) is 6.61 Å². The first-order valence-corrected chi connectivity index (χ1v) is 6.47. The number of amides is 1. The molecule has 2 rings (SSSR count). The number of phenolic OH excluding ortho intramolecular Hbond substituents is 2. The molecule has 0 aliphatic heterocycles. The summed E-state index contributed by atoms with van der Waals surface area (Å²) in [6, 6.07) is 3.96. The summed E-state index contributed by atoms with van der Waals surface area (Å²) >= 11 is 0. The topological polar surface area (TPSA) is 89.8 Å². The van der Waals surface area contributed by atoms with Crippen LogP contribution in [0.2, 0.25) is 0 Å². The molecule has 4 N–H and O–H groups in total. The van der Waals surface area contributed by atoms with Crippen molar-refractivity contribution in [3.8, 4) is 11.5 Å². The van der Waals surface area contributed by atoms with Gasteiger partial charge < -0.3 is 20.6 Å². The zero-order chi connectivity index (χ0) is 13.9. The van der Waals surface area contributed by atoms with E-state index in [2.05, 4.69) is 5.32 Å². The van der Waals surface area contributed by atoms with Crippen molar-refractivity contribution in [2.45, 2.75) is 25.7 Å². The monoisotopic (exact) mass is 265 g/mol. The van der Waals surface area contributed by atoms with Crippen LogP contribution in [0.15, 0.2) is 18.2 Å². The molecule has 5 heteroatoms. The van der Waals surface area contributed by atoms with Crippen molar-refractivity contribution in [1.29, 1.82) is 0 Å². The number of phenols is 2. The Morgan fingerprint density at radius 1 is 1.21 bits per heavy atom. The normalized spacial score (nSPS) is 17.3. The van der Waals surface area contributed by atoms with Crippen molar-refractivity contribution in [1.82, 2.24) is 5.32 Å². The third-order valence-electron chi connectivity index (χ3n) is 3.86. The van der Waals surface area contributed by atoms with Gasteiger partial charge in [-0.2, -0.15) is 0 Å². The number of carbonyl (C=O) groups excluding carboxylic acids is 1. The van der Waals surface area contributed by atoms with Crippen LogP contribution in [0.25, 0.3) is 0 Å². The highest BCUT2D eigenvalue weighted by Crippen LogP contribution is 2.37. The fourth-order valence-corrected chi connectivity index (χ4v) is 2.55. The Bertz CT molecular complexity index is 467. The lowest BCUT2D eigenvalue weighted by Gasteiger charge is -2.26. The Kier molecular flexibility index (Phi) is 3.95. The van der Waals surface area contributed by atoms with E-state index in [-0.39, 0.29) is 29.4 Å². The highest BCUT2D eigenvalue weighted by molar-refractivity contribution is 5.94. The lowest BCUT2D eigenvalue weighted by atomic mass is 9.87. The molecule has 104 valence electrons. The molecule has 1 aliphatic carbocycles. The van der Waals surface area contributed by atoms with Crippen LogP contribution in [-0.4, -0.2) is 34.4 Å². The van der Waals surface area contributed by atoms with E-state index in [0.29, 0.717) is 12.1 Å². The van der Waals surface area contributed by atoms with Crippen molar-refractivity contribution < 1.29 is 20.1 Å². The fourth-order valence-electron chi connectivity index (χ4n) is 2.55. The largest absolute Gasteiger partial charge is 0.504 e. The van der Waals surface area contributed by atoms with Gasteiger partial charge in [0.2, 0.25) is 0 Å². The molecule has 1 aromatic carbocycles. The molecule has 1 saturated carbocycles. The first-order chi connectivity index (χ1) is 9.06. The molecule has 0 heterocycles. The Balaban J connectivity index is 1.99. The van der Waals surface area contributed by atoms with E-state index in [1.54, 1.807) is 0 Å². The van der Waals surface area contributed by atoms with Crippen LogP contribution in [0.4, 0.5) is 0 Å². The van der Waals surface area contributed by atoms with Gasteiger partial charge in [-0.25, -0.2) is 0 Å². The fraction of sp³-hybridized carbons (Fsp3) is 0.500. The predicted molar refractivity (Wildman–Crippen MR) is 70.1 cm³/mol. The number of hydrogen-bond donors (Lipinski definition) is 4. The minimum absolute atomic E-state index is 0.0775. The van der Waals surface area contributed by atoms with Gasteiger partial charge in [0.1, 0.15) is 0 Å². The quantitative estimate of drug-likeness (QED) is 0.619. The van der Waals surface area contributed by atoms with Crippen molar-refractivity contribution in [3.63, 3.8) is 0 Å². The number of carbonyl (C=O) groups is 1. The van der Waals surface area contributed by atoms with E-state index in [4.69, 9.17) is 0 Å².